The number of aliphatic hydroxyl groups is 1. The van der Waals surface area contributed by atoms with Crippen LogP contribution in [0.2, 0.25) is 0 Å². The molecule has 0 spiro atoms. The Morgan fingerprint density at radius 1 is 1.09 bits per heavy atom. The topological polar surface area (TPSA) is 50.4 Å². The number of hydrogen-bond donors (Lipinski definition) is 1. The normalized spacial score (nSPS) is 19.5. The molecule has 1 unspecified atom stereocenters. The number of rotatable bonds is 1. The summed E-state index contributed by atoms with van der Waals surface area (Å²) in [7, 11) is 0. The summed E-state index contributed by atoms with van der Waals surface area (Å²) in [6, 6.07) is 13.4. The van der Waals surface area contributed by atoms with E-state index in [1.54, 1.807) is 42.5 Å². The lowest BCUT2D eigenvalue weighted by molar-refractivity contribution is 0.101. The Morgan fingerprint density at radius 3 is 2.73 bits per heavy atom. The lowest BCUT2D eigenvalue weighted by atomic mass is 10.0. The van der Waals surface area contributed by atoms with E-state index in [2.05, 4.69) is 0 Å². The van der Waals surface area contributed by atoms with Gasteiger partial charge in [0.15, 0.2) is 5.78 Å². The maximum absolute atomic E-state index is 15.0. The Balaban J connectivity index is 1.96. The molecule has 0 aliphatic heterocycles. The molecule has 4 heteroatoms. The van der Waals surface area contributed by atoms with Gasteiger partial charge in [-0.25, -0.2) is 4.39 Å². The van der Waals surface area contributed by atoms with Crippen LogP contribution in [0.4, 0.5) is 4.39 Å². The Labute approximate surface area is 125 Å². The second-order valence-electron chi connectivity index (χ2n) is 5.19. The maximum atomic E-state index is 15.0. The average molecular weight is 294 g/mol. The van der Waals surface area contributed by atoms with Gasteiger partial charge in [-0.1, -0.05) is 36.4 Å². The van der Waals surface area contributed by atoms with Crippen molar-refractivity contribution in [3.63, 3.8) is 0 Å². The Morgan fingerprint density at radius 2 is 1.91 bits per heavy atom. The molecule has 1 aliphatic rings. The van der Waals surface area contributed by atoms with Crippen LogP contribution in [0.25, 0.3) is 16.8 Å². The highest BCUT2D eigenvalue weighted by molar-refractivity contribution is 6.18. The van der Waals surface area contributed by atoms with E-state index >= 15 is 0 Å². The van der Waals surface area contributed by atoms with Crippen LogP contribution in [0, 0.1) is 0 Å². The third-order valence-corrected chi connectivity index (χ3v) is 3.97. The van der Waals surface area contributed by atoms with Gasteiger partial charge in [-0.15, -0.1) is 0 Å². The molecule has 22 heavy (non-hydrogen) atoms. The van der Waals surface area contributed by atoms with E-state index in [0.717, 1.165) is 5.39 Å². The first kappa shape index (κ1) is 13.0. The molecule has 108 valence electrons. The zero-order chi connectivity index (χ0) is 15.3. The van der Waals surface area contributed by atoms with Crippen LogP contribution in [0.3, 0.4) is 0 Å². The number of fused-ring (bicyclic) bond motifs is 2. The summed E-state index contributed by atoms with van der Waals surface area (Å²) in [5, 5.41) is 11.1. The molecule has 1 atom stereocenters. The van der Waals surface area contributed by atoms with Crippen LogP contribution >= 0.6 is 0 Å². The number of para-hydroxylation sites is 1. The molecule has 3 aromatic rings. The molecule has 0 radical (unpaired) electrons. The van der Waals surface area contributed by atoms with Gasteiger partial charge in [0, 0.05) is 10.9 Å². The van der Waals surface area contributed by atoms with Gasteiger partial charge in [-0.05, 0) is 17.7 Å². The van der Waals surface area contributed by atoms with Crippen LogP contribution in [0.5, 0.6) is 0 Å². The van der Waals surface area contributed by atoms with Gasteiger partial charge in [-0.3, -0.25) is 4.79 Å². The number of hydrogen-bond acceptors (Lipinski definition) is 3. The van der Waals surface area contributed by atoms with Crippen molar-refractivity contribution in [1.82, 2.24) is 0 Å². The molecular formula is C18H11FO3. The summed E-state index contributed by atoms with van der Waals surface area (Å²) in [5.41, 5.74) is 1.09. The molecule has 0 saturated heterocycles. The van der Waals surface area contributed by atoms with Crippen LogP contribution < -0.4 is 0 Å². The first-order valence-corrected chi connectivity index (χ1v) is 6.86. The monoisotopic (exact) mass is 294 g/mol. The number of aliphatic hydroxyl groups excluding tert-OH is 1. The minimum Gasteiger partial charge on any atom is -0.464 e. The maximum Gasteiger partial charge on any atom is 0.195 e. The highest BCUT2D eigenvalue weighted by atomic mass is 19.1. The lowest BCUT2D eigenvalue weighted by Gasteiger charge is -2.07. The molecule has 0 saturated carbocycles. The van der Waals surface area contributed by atoms with Crippen molar-refractivity contribution in [2.45, 2.75) is 6.10 Å². The standard InChI is InChI=1S/C18H11FO3/c19-15(13-7-3-4-10-8-9-22-18(10)13)14-16(20)11-5-1-2-6-12(11)17(14)21/h1-9,16,20H/b15-14+. The van der Waals surface area contributed by atoms with Crippen LogP contribution in [0.1, 0.15) is 27.6 Å². The zero-order valence-corrected chi connectivity index (χ0v) is 11.4. The van der Waals surface area contributed by atoms with Gasteiger partial charge in [0.25, 0.3) is 0 Å². The van der Waals surface area contributed by atoms with E-state index in [4.69, 9.17) is 4.42 Å². The first-order chi connectivity index (χ1) is 10.7. The highest BCUT2D eigenvalue weighted by Crippen LogP contribution is 2.41. The quantitative estimate of drug-likeness (QED) is 0.689. The second kappa shape index (κ2) is 4.64. The third-order valence-electron chi connectivity index (χ3n) is 3.97. The molecular weight excluding hydrogens is 283 g/mol. The van der Waals surface area contributed by atoms with Gasteiger partial charge in [0.05, 0.1) is 17.4 Å². The third kappa shape index (κ3) is 1.68. The molecule has 1 aliphatic carbocycles. The lowest BCUT2D eigenvalue weighted by Crippen LogP contribution is -2.02. The summed E-state index contributed by atoms with van der Waals surface area (Å²) in [4.78, 5) is 12.4. The molecule has 4 rings (SSSR count). The SMILES string of the molecule is O=C1/C(=C(/F)c2cccc3ccoc23)C(O)c2ccccc21. The number of ketones is 1. The summed E-state index contributed by atoms with van der Waals surface area (Å²) in [5.74, 6) is -1.22. The van der Waals surface area contributed by atoms with E-state index in [-0.39, 0.29) is 11.1 Å². The van der Waals surface area contributed by atoms with Crippen molar-refractivity contribution >= 4 is 22.6 Å². The molecule has 0 fully saturated rings. The van der Waals surface area contributed by atoms with Gasteiger partial charge in [0.1, 0.15) is 17.5 Å². The van der Waals surface area contributed by atoms with Gasteiger partial charge >= 0.3 is 0 Å². The zero-order valence-electron chi connectivity index (χ0n) is 11.4. The molecule has 1 heterocycles. The van der Waals surface area contributed by atoms with Crippen molar-refractivity contribution in [2.24, 2.45) is 0 Å². The summed E-state index contributed by atoms with van der Waals surface area (Å²) in [6.07, 6.45) is 0.210. The summed E-state index contributed by atoms with van der Waals surface area (Å²) >= 11 is 0. The first-order valence-electron chi connectivity index (χ1n) is 6.86. The van der Waals surface area contributed by atoms with E-state index in [1.807, 2.05) is 0 Å². The number of furan rings is 1. The predicted molar refractivity (Wildman–Crippen MR) is 80.0 cm³/mol. The number of carbonyl (C=O) groups is 1. The van der Waals surface area contributed by atoms with Crippen molar-refractivity contribution in [3.8, 4) is 0 Å². The molecule has 2 aromatic carbocycles. The van der Waals surface area contributed by atoms with Gasteiger partial charge < -0.3 is 9.52 Å². The average Bonchev–Trinajstić information content (AvgIpc) is 3.11. The van der Waals surface area contributed by atoms with E-state index in [1.165, 1.54) is 12.3 Å². The van der Waals surface area contributed by atoms with E-state index in [9.17, 15) is 14.3 Å². The molecule has 1 N–H and O–H groups in total. The van der Waals surface area contributed by atoms with Crippen molar-refractivity contribution in [2.75, 3.05) is 0 Å². The van der Waals surface area contributed by atoms with Crippen LogP contribution in [-0.2, 0) is 0 Å². The minimum atomic E-state index is -1.26. The Bertz CT molecular complexity index is 936. The molecule has 0 bridgehead atoms. The number of benzene rings is 2. The largest absolute Gasteiger partial charge is 0.464 e. The minimum absolute atomic E-state index is 0.178. The van der Waals surface area contributed by atoms with Crippen molar-refractivity contribution in [3.05, 3.63) is 77.1 Å². The number of carbonyl (C=O) groups excluding carboxylic acids is 1. The summed E-state index contributed by atoms with van der Waals surface area (Å²) < 4.78 is 20.3. The predicted octanol–water partition coefficient (Wildman–Crippen LogP) is 4.04. The number of halogens is 1. The van der Waals surface area contributed by atoms with Crippen molar-refractivity contribution < 1.29 is 18.7 Å². The fourth-order valence-corrected chi connectivity index (χ4v) is 2.90. The Kier molecular flexibility index (Phi) is 2.74. The fourth-order valence-electron chi connectivity index (χ4n) is 2.90. The van der Waals surface area contributed by atoms with E-state index < -0.39 is 17.7 Å². The smallest absolute Gasteiger partial charge is 0.195 e. The van der Waals surface area contributed by atoms with Gasteiger partial charge in [0.2, 0.25) is 0 Å². The second-order valence-corrected chi connectivity index (χ2v) is 5.19. The summed E-state index contributed by atoms with van der Waals surface area (Å²) in [6.45, 7) is 0. The fraction of sp³-hybridized carbons (Fsp3) is 0.0556. The van der Waals surface area contributed by atoms with E-state index in [0.29, 0.717) is 16.7 Å². The molecule has 3 nitrogen and oxygen atoms in total. The highest BCUT2D eigenvalue weighted by Gasteiger charge is 2.36. The van der Waals surface area contributed by atoms with Crippen LogP contribution in [0.15, 0.2) is 64.8 Å². The Hall–Kier alpha value is -2.72. The van der Waals surface area contributed by atoms with Crippen molar-refractivity contribution in [1.29, 1.82) is 0 Å². The van der Waals surface area contributed by atoms with Gasteiger partial charge in [-0.2, -0.15) is 0 Å². The molecule has 1 aromatic heterocycles. The number of Topliss-reactive ketones (excluding diaryl/α,β-unsaturated/α-hetero) is 1. The molecule has 0 amide bonds. The van der Waals surface area contributed by atoms with Crippen LogP contribution in [-0.4, -0.2) is 10.9 Å².